The van der Waals surface area contributed by atoms with Crippen molar-refractivity contribution in [3.63, 3.8) is 0 Å². The third kappa shape index (κ3) is 6.50. The number of ether oxygens (including phenoxy) is 1. The number of urea groups is 1. The quantitative estimate of drug-likeness (QED) is 0.305. The first kappa shape index (κ1) is 36.8. The summed E-state index contributed by atoms with van der Waals surface area (Å²) >= 11 is 6.12. The average Bonchev–Trinajstić information content (AvgIpc) is 3.75. The maximum atomic E-state index is 14.4. The summed E-state index contributed by atoms with van der Waals surface area (Å²) in [6.45, 7) is 1.97. The predicted octanol–water partition coefficient (Wildman–Crippen LogP) is 3.44. The van der Waals surface area contributed by atoms with Crippen LogP contribution in [0.2, 0.25) is 5.02 Å². The van der Waals surface area contributed by atoms with Gasteiger partial charge in [-0.1, -0.05) is 17.7 Å². The summed E-state index contributed by atoms with van der Waals surface area (Å²) in [6.07, 6.45) is -0.871. The maximum absolute atomic E-state index is 14.4. The second-order valence-electron chi connectivity index (χ2n) is 13.4. The first-order valence-electron chi connectivity index (χ1n) is 16.9. The largest absolute Gasteiger partial charge is 0.504 e. The van der Waals surface area contributed by atoms with Crippen molar-refractivity contribution >= 4 is 46.5 Å². The van der Waals surface area contributed by atoms with Gasteiger partial charge in [0.15, 0.2) is 17.3 Å². The number of benzene rings is 1. The van der Waals surface area contributed by atoms with E-state index in [1.807, 2.05) is 0 Å². The molecule has 6 heterocycles. The molecule has 0 bridgehead atoms. The zero-order chi connectivity index (χ0) is 38.7. The molecule has 0 saturated carbocycles. The number of carbonyl (C=O) groups is 3. The smallest absolute Gasteiger partial charge is 0.416 e. The summed E-state index contributed by atoms with van der Waals surface area (Å²) in [5.74, 6) is -1.26. The minimum absolute atomic E-state index is 0.0259. The van der Waals surface area contributed by atoms with Crippen LogP contribution in [-0.2, 0) is 34.5 Å². The van der Waals surface area contributed by atoms with E-state index in [9.17, 15) is 37.5 Å². The number of nitrogens with one attached hydrogen (secondary N) is 1. The number of aryl methyl sites for hydroxylation is 1. The van der Waals surface area contributed by atoms with Crippen LogP contribution in [0.25, 0.3) is 11.4 Å². The summed E-state index contributed by atoms with van der Waals surface area (Å²) in [4.78, 5) is 70.9. The van der Waals surface area contributed by atoms with Gasteiger partial charge in [0, 0.05) is 40.3 Å². The lowest BCUT2D eigenvalue weighted by atomic mass is 9.85. The Balaban J connectivity index is 1.24. The number of alkyl halides is 3. The van der Waals surface area contributed by atoms with Gasteiger partial charge < -0.3 is 34.4 Å². The van der Waals surface area contributed by atoms with Crippen molar-refractivity contribution in [2.75, 3.05) is 45.6 Å². The Bertz CT molecular complexity index is 2300. The lowest BCUT2D eigenvalue weighted by Crippen LogP contribution is -2.47. The van der Waals surface area contributed by atoms with Gasteiger partial charge in [0.25, 0.3) is 11.5 Å². The number of carbonyl (C=O) groups excluding carboxylic acids is 3. The molecule has 16 nitrogen and oxygen atoms in total. The number of aromatic hydroxyl groups is 1. The summed E-state index contributed by atoms with van der Waals surface area (Å²) < 4.78 is 48.6. The standard InChI is InChI=1S/C34H34ClF3N10O6/c1-18-27(50)26(40-17-39-18)30(52)45-12-8-33(9-13-45)25-23(16-54-33)47(15-24(49)41-22-5-4-20(14-21(22)35)34(36,37)38)31-42-28(43-48(31)29(25)51)19-6-10-46(11-7-19)32(53)44(2)3/h4-6,14,17,50H,7-13,15-16H2,1-3H3,(H,41,49). The van der Waals surface area contributed by atoms with E-state index in [2.05, 4.69) is 25.4 Å². The van der Waals surface area contributed by atoms with Crippen LogP contribution < -0.4 is 10.9 Å². The molecule has 1 spiro atoms. The first-order chi connectivity index (χ1) is 25.6. The zero-order valence-corrected chi connectivity index (χ0v) is 30.0. The normalized spacial score (nSPS) is 16.8. The second kappa shape index (κ2) is 13.7. The van der Waals surface area contributed by atoms with Gasteiger partial charge in [-0.15, -0.1) is 5.10 Å². The Hall–Kier alpha value is -5.56. The molecule has 4 aromatic rings. The van der Waals surface area contributed by atoms with Gasteiger partial charge in [-0.3, -0.25) is 14.4 Å². The van der Waals surface area contributed by atoms with Gasteiger partial charge in [-0.2, -0.15) is 22.7 Å². The maximum Gasteiger partial charge on any atom is 0.416 e. The van der Waals surface area contributed by atoms with Gasteiger partial charge in [-0.25, -0.2) is 14.8 Å². The predicted molar refractivity (Wildman–Crippen MR) is 186 cm³/mol. The summed E-state index contributed by atoms with van der Waals surface area (Å²) in [7, 11) is 3.31. The topological polar surface area (TPSA) is 180 Å². The molecule has 0 radical (unpaired) electrons. The number of fused-ring (bicyclic) bond motifs is 3. The number of hydrogen-bond acceptors (Lipinski definition) is 10. The van der Waals surface area contributed by atoms with Crippen molar-refractivity contribution in [3.8, 4) is 5.75 Å². The Morgan fingerprint density at radius 1 is 1.11 bits per heavy atom. The fourth-order valence-corrected chi connectivity index (χ4v) is 7.21. The van der Waals surface area contributed by atoms with Crippen LogP contribution in [0.4, 0.5) is 23.7 Å². The number of amides is 4. The molecule has 3 aliphatic heterocycles. The highest BCUT2D eigenvalue weighted by Gasteiger charge is 2.48. The Morgan fingerprint density at radius 3 is 2.50 bits per heavy atom. The molecular weight excluding hydrogens is 737 g/mol. The molecular formula is C34H34ClF3N10O6. The number of anilines is 1. The highest BCUT2D eigenvalue weighted by atomic mass is 35.5. The van der Waals surface area contributed by atoms with Crippen LogP contribution in [0.1, 0.15) is 58.1 Å². The molecule has 7 rings (SSSR count). The van der Waals surface area contributed by atoms with Crippen LogP contribution in [-0.4, -0.2) is 107 Å². The number of rotatable bonds is 5. The highest BCUT2D eigenvalue weighted by molar-refractivity contribution is 6.33. The third-order valence-corrected chi connectivity index (χ3v) is 10.2. The summed E-state index contributed by atoms with van der Waals surface area (Å²) in [5.41, 5.74) is -1.34. The van der Waals surface area contributed by atoms with Crippen molar-refractivity contribution in [2.24, 2.45) is 0 Å². The fraction of sp³-hybridized carbons (Fsp3) is 0.412. The SMILES string of the molecule is Cc1ncnc(C(=O)N2CCC3(CC2)OCc2c3c(=O)n3nc(C4=CCN(C(=O)N(C)C)CC4)nc3n2CC(=O)Nc2ccc(C(F)(F)F)cc2Cl)c1O. The molecule has 1 aromatic carbocycles. The van der Waals surface area contributed by atoms with Crippen molar-refractivity contribution in [1.82, 2.24) is 43.8 Å². The van der Waals surface area contributed by atoms with E-state index in [-0.39, 0.29) is 90.1 Å². The molecule has 284 valence electrons. The van der Waals surface area contributed by atoms with Crippen LogP contribution in [0.15, 0.2) is 35.4 Å². The van der Waals surface area contributed by atoms with Gasteiger partial charge in [-0.05, 0) is 50.0 Å². The van der Waals surface area contributed by atoms with E-state index in [1.165, 1.54) is 20.7 Å². The second-order valence-corrected chi connectivity index (χ2v) is 13.8. The van der Waals surface area contributed by atoms with Gasteiger partial charge in [0.2, 0.25) is 11.7 Å². The molecule has 0 unspecified atom stereocenters. The van der Waals surface area contributed by atoms with Crippen molar-refractivity contribution in [1.29, 1.82) is 0 Å². The molecule has 20 heteroatoms. The Labute approximate surface area is 309 Å². The van der Waals surface area contributed by atoms with E-state index >= 15 is 0 Å². The first-order valence-corrected chi connectivity index (χ1v) is 17.2. The molecule has 2 N–H and O–H groups in total. The molecule has 0 atom stereocenters. The van der Waals surface area contributed by atoms with E-state index in [0.717, 1.165) is 16.6 Å². The average molecular weight is 771 g/mol. The monoisotopic (exact) mass is 770 g/mol. The number of likely N-dealkylation sites (tertiary alicyclic amines) is 1. The number of halogens is 4. The Morgan fingerprint density at radius 2 is 1.85 bits per heavy atom. The lowest BCUT2D eigenvalue weighted by Gasteiger charge is -2.38. The van der Waals surface area contributed by atoms with Crippen molar-refractivity contribution in [2.45, 2.75) is 51.1 Å². The molecule has 3 aromatic heterocycles. The van der Waals surface area contributed by atoms with Crippen LogP contribution in [0.3, 0.4) is 0 Å². The fourth-order valence-electron chi connectivity index (χ4n) is 6.98. The zero-order valence-electron chi connectivity index (χ0n) is 29.3. The molecule has 0 aliphatic carbocycles. The van der Waals surface area contributed by atoms with Gasteiger partial charge in [0.05, 0.1) is 39.8 Å². The highest BCUT2D eigenvalue weighted by Crippen LogP contribution is 2.43. The molecule has 3 aliphatic rings. The van der Waals surface area contributed by atoms with E-state index in [4.69, 9.17) is 16.3 Å². The minimum atomic E-state index is -4.64. The number of piperidine rings is 1. The van der Waals surface area contributed by atoms with Gasteiger partial charge in [0.1, 0.15) is 18.5 Å². The van der Waals surface area contributed by atoms with E-state index in [0.29, 0.717) is 30.3 Å². The van der Waals surface area contributed by atoms with Crippen molar-refractivity contribution < 1.29 is 37.4 Å². The number of hydrogen-bond donors (Lipinski definition) is 2. The van der Waals surface area contributed by atoms with Crippen LogP contribution in [0, 0.1) is 6.92 Å². The van der Waals surface area contributed by atoms with Gasteiger partial charge >= 0.3 is 12.2 Å². The molecule has 4 amide bonds. The molecule has 1 saturated heterocycles. The van der Waals surface area contributed by atoms with Crippen molar-refractivity contribution in [3.05, 3.63) is 80.0 Å². The molecule has 1 fully saturated rings. The minimum Gasteiger partial charge on any atom is -0.504 e. The Kier molecular flexibility index (Phi) is 9.33. The lowest BCUT2D eigenvalue weighted by molar-refractivity contribution is -0.137. The third-order valence-electron chi connectivity index (χ3n) is 9.88. The van der Waals surface area contributed by atoms with E-state index in [1.54, 1.807) is 32.0 Å². The summed E-state index contributed by atoms with van der Waals surface area (Å²) in [5, 5.41) is 17.2. The molecule has 54 heavy (non-hydrogen) atoms. The van der Waals surface area contributed by atoms with E-state index < -0.39 is 41.3 Å². The van der Waals surface area contributed by atoms with Crippen LogP contribution in [0.5, 0.6) is 5.75 Å². The van der Waals surface area contributed by atoms with Crippen LogP contribution >= 0.6 is 11.6 Å². The number of nitrogens with zero attached hydrogens (tertiary/aromatic N) is 9. The number of aromatic nitrogens is 6. The summed E-state index contributed by atoms with van der Waals surface area (Å²) in [6, 6.07) is 2.41.